The number of carbonyl (C=O) groups excluding carboxylic acids is 1. The van der Waals surface area contributed by atoms with Gasteiger partial charge in [0.25, 0.3) is 5.91 Å². The van der Waals surface area contributed by atoms with Crippen molar-refractivity contribution in [1.82, 2.24) is 0 Å². The summed E-state index contributed by atoms with van der Waals surface area (Å²) in [5.41, 5.74) is 2.65. The van der Waals surface area contributed by atoms with E-state index < -0.39 is 5.91 Å². The minimum absolute atomic E-state index is 0.00574. The molecule has 7 heteroatoms. The summed E-state index contributed by atoms with van der Waals surface area (Å²) in [4.78, 5) is 26.9. The molecule has 0 saturated carbocycles. The van der Waals surface area contributed by atoms with E-state index in [0.29, 0.717) is 29.8 Å². The second-order valence-electron chi connectivity index (χ2n) is 7.42. The smallest absolute Gasteiger partial charge is 0.262 e. The summed E-state index contributed by atoms with van der Waals surface area (Å²) in [7, 11) is 1.52. The Morgan fingerprint density at radius 1 is 1.16 bits per heavy atom. The first-order chi connectivity index (χ1) is 15.0. The van der Waals surface area contributed by atoms with Gasteiger partial charge in [-0.15, -0.1) is 0 Å². The maximum atomic E-state index is 12.5. The van der Waals surface area contributed by atoms with Crippen molar-refractivity contribution in [3.05, 3.63) is 82.4 Å². The Morgan fingerprint density at radius 2 is 1.94 bits per heavy atom. The van der Waals surface area contributed by atoms with Crippen molar-refractivity contribution in [2.24, 2.45) is 0 Å². The Labute approximate surface area is 180 Å². The Kier molecular flexibility index (Phi) is 5.93. The minimum Gasteiger partial charge on any atom is -0.495 e. The third kappa shape index (κ3) is 4.55. The number of methoxy groups -OCH3 is 1. The van der Waals surface area contributed by atoms with Crippen LogP contribution in [0, 0.1) is 0 Å². The highest BCUT2D eigenvalue weighted by atomic mass is 16.5. The topological polar surface area (TPSA) is 81.0 Å². The number of carbonyl (C=O) groups is 1. The summed E-state index contributed by atoms with van der Waals surface area (Å²) in [5.74, 6) is 0.668. The summed E-state index contributed by atoms with van der Waals surface area (Å²) in [6.07, 6.45) is 2.23. The first-order valence-corrected chi connectivity index (χ1v) is 10.1. The monoisotopic (exact) mass is 420 g/mol. The second kappa shape index (κ2) is 8.95. The van der Waals surface area contributed by atoms with Crippen LogP contribution in [-0.4, -0.2) is 25.7 Å². The molecule has 1 aromatic heterocycles. The van der Waals surface area contributed by atoms with Gasteiger partial charge in [-0.25, -0.2) is 0 Å². The molecule has 0 aliphatic carbocycles. The van der Waals surface area contributed by atoms with Crippen LogP contribution in [0.3, 0.4) is 0 Å². The van der Waals surface area contributed by atoms with Gasteiger partial charge in [0.1, 0.15) is 17.8 Å². The van der Waals surface area contributed by atoms with Crippen molar-refractivity contribution in [3.63, 3.8) is 0 Å². The molecular weight excluding hydrogens is 396 g/mol. The molecule has 31 heavy (non-hydrogen) atoms. The van der Waals surface area contributed by atoms with Crippen LogP contribution >= 0.6 is 0 Å². The molecule has 0 radical (unpaired) electrons. The number of hydrogen-bond donors (Lipinski definition) is 1. The third-order valence-electron chi connectivity index (χ3n) is 5.27. The van der Waals surface area contributed by atoms with E-state index in [1.165, 1.54) is 25.0 Å². The van der Waals surface area contributed by atoms with Gasteiger partial charge in [0.05, 0.1) is 19.3 Å². The first kappa shape index (κ1) is 20.5. The van der Waals surface area contributed by atoms with Gasteiger partial charge in [0.2, 0.25) is 11.2 Å². The molecule has 2 aromatic carbocycles. The quantitative estimate of drug-likeness (QED) is 0.629. The maximum absolute atomic E-state index is 12.5. The van der Waals surface area contributed by atoms with Gasteiger partial charge in [0.15, 0.2) is 6.61 Å². The largest absolute Gasteiger partial charge is 0.495 e. The lowest BCUT2D eigenvalue weighted by Gasteiger charge is -2.24. The number of fused-ring (bicyclic) bond motifs is 1. The van der Waals surface area contributed by atoms with Crippen LogP contribution in [0.25, 0.3) is 0 Å². The van der Waals surface area contributed by atoms with E-state index in [2.05, 4.69) is 29.3 Å². The summed E-state index contributed by atoms with van der Waals surface area (Å²) in [6.45, 7) is 2.32. The van der Waals surface area contributed by atoms with E-state index in [1.54, 1.807) is 24.3 Å². The van der Waals surface area contributed by atoms with Crippen LogP contribution < -0.4 is 25.1 Å². The number of nitrogens with one attached hydrogen (secondary N) is 1. The molecule has 7 nitrogen and oxygen atoms in total. The number of rotatable bonds is 7. The van der Waals surface area contributed by atoms with E-state index in [0.717, 1.165) is 12.1 Å². The van der Waals surface area contributed by atoms with Crippen LogP contribution in [0.2, 0.25) is 0 Å². The van der Waals surface area contributed by atoms with Gasteiger partial charge in [-0.05, 0) is 37.1 Å². The van der Waals surface area contributed by atoms with Crippen molar-refractivity contribution in [2.75, 3.05) is 23.9 Å². The number of anilines is 2. The molecule has 0 unspecified atom stereocenters. The van der Waals surface area contributed by atoms with E-state index in [4.69, 9.17) is 13.9 Å². The van der Waals surface area contributed by atoms with Crippen LogP contribution in [0.4, 0.5) is 11.4 Å². The molecule has 2 heterocycles. The number of nitrogens with zero attached hydrogens (tertiary/aromatic N) is 1. The van der Waals surface area contributed by atoms with Crippen LogP contribution in [-0.2, 0) is 17.8 Å². The summed E-state index contributed by atoms with van der Waals surface area (Å²) in [5, 5.41) is 2.70. The highest BCUT2D eigenvalue weighted by Crippen LogP contribution is 2.33. The van der Waals surface area contributed by atoms with Crippen molar-refractivity contribution < 1.29 is 18.7 Å². The summed E-state index contributed by atoms with van der Waals surface area (Å²) >= 11 is 0. The maximum Gasteiger partial charge on any atom is 0.262 e. The lowest BCUT2D eigenvalue weighted by Crippen LogP contribution is -2.29. The molecule has 1 N–H and O–H groups in total. The SMILES string of the molecule is COc1ccccc1NC(=O)COc1coc(CN2c3ccccc3C[C@@H]2C)cc1=O. The Morgan fingerprint density at radius 3 is 2.74 bits per heavy atom. The highest BCUT2D eigenvalue weighted by molar-refractivity contribution is 5.93. The van der Waals surface area contributed by atoms with Gasteiger partial charge in [0, 0.05) is 17.8 Å². The number of benzene rings is 2. The van der Waals surface area contributed by atoms with Gasteiger partial charge < -0.3 is 24.1 Å². The minimum atomic E-state index is -0.407. The predicted octanol–water partition coefficient (Wildman–Crippen LogP) is 3.62. The van der Waals surface area contributed by atoms with Crippen molar-refractivity contribution >= 4 is 17.3 Å². The normalized spacial score (nSPS) is 14.8. The van der Waals surface area contributed by atoms with Crippen LogP contribution in [0.1, 0.15) is 18.2 Å². The number of para-hydroxylation sites is 3. The Balaban J connectivity index is 1.38. The van der Waals surface area contributed by atoms with Crippen molar-refractivity contribution in [2.45, 2.75) is 25.9 Å². The van der Waals surface area contributed by atoms with Crippen molar-refractivity contribution in [1.29, 1.82) is 0 Å². The van der Waals surface area contributed by atoms with Crippen LogP contribution in [0.15, 0.2) is 70.1 Å². The lowest BCUT2D eigenvalue weighted by atomic mass is 10.1. The molecule has 1 aliphatic heterocycles. The molecule has 160 valence electrons. The van der Waals surface area contributed by atoms with Gasteiger partial charge in [-0.2, -0.15) is 0 Å². The first-order valence-electron chi connectivity index (χ1n) is 10.1. The Hall–Kier alpha value is -3.74. The third-order valence-corrected chi connectivity index (χ3v) is 5.27. The summed E-state index contributed by atoms with van der Waals surface area (Å²) in [6, 6.07) is 17.0. The number of amides is 1. The van der Waals surface area contributed by atoms with Crippen LogP contribution in [0.5, 0.6) is 11.5 Å². The summed E-state index contributed by atoms with van der Waals surface area (Å²) < 4.78 is 16.2. The Bertz CT molecular complexity index is 1140. The second-order valence-corrected chi connectivity index (χ2v) is 7.42. The predicted molar refractivity (Wildman–Crippen MR) is 118 cm³/mol. The van der Waals surface area contributed by atoms with Gasteiger partial charge in [-0.3, -0.25) is 9.59 Å². The van der Waals surface area contributed by atoms with Gasteiger partial charge in [-0.1, -0.05) is 30.3 Å². The number of hydrogen-bond acceptors (Lipinski definition) is 6. The fourth-order valence-electron chi connectivity index (χ4n) is 3.74. The van der Waals surface area contributed by atoms with E-state index in [1.807, 2.05) is 12.1 Å². The molecule has 0 spiro atoms. The van der Waals surface area contributed by atoms with Gasteiger partial charge >= 0.3 is 0 Å². The molecule has 1 atom stereocenters. The van der Waals surface area contributed by atoms with Crippen molar-refractivity contribution in [3.8, 4) is 11.5 Å². The molecule has 0 fully saturated rings. The number of ether oxygens (including phenoxy) is 2. The molecule has 4 rings (SSSR count). The average Bonchev–Trinajstić information content (AvgIpc) is 3.08. The zero-order valence-electron chi connectivity index (χ0n) is 17.5. The molecular formula is C24H24N2O5. The molecule has 3 aromatic rings. The fourth-order valence-corrected chi connectivity index (χ4v) is 3.74. The molecule has 0 saturated heterocycles. The standard InChI is InChI=1S/C24H24N2O5/c1-16-11-17-7-3-5-9-20(17)26(16)13-18-12-21(27)23(14-30-18)31-15-24(28)25-19-8-4-6-10-22(19)29-2/h3-10,12,14,16H,11,13,15H2,1-2H3,(H,25,28)/t16-/m0/s1. The lowest BCUT2D eigenvalue weighted by molar-refractivity contribution is -0.118. The van der Waals surface area contributed by atoms with E-state index >= 15 is 0 Å². The van der Waals surface area contributed by atoms with E-state index in [-0.39, 0.29) is 17.8 Å². The zero-order chi connectivity index (χ0) is 21.8. The highest BCUT2D eigenvalue weighted by Gasteiger charge is 2.26. The zero-order valence-corrected chi connectivity index (χ0v) is 17.5. The average molecular weight is 420 g/mol. The fraction of sp³-hybridized carbons (Fsp3) is 0.250. The molecule has 1 aliphatic rings. The van der Waals surface area contributed by atoms with E-state index in [9.17, 15) is 9.59 Å². The molecule has 1 amide bonds. The molecule has 0 bridgehead atoms.